The van der Waals surface area contributed by atoms with Crippen molar-refractivity contribution in [1.82, 2.24) is 5.32 Å². The van der Waals surface area contributed by atoms with Crippen LogP contribution in [0.15, 0.2) is 59.5 Å². The van der Waals surface area contributed by atoms with Crippen LogP contribution >= 0.6 is 0 Å². The summed E-state index contributed by atoms with van der Waals surface area (Å²) in [4.78, 5) is 0. The second-order valence-electron chi connectivity index (χ2n) is 6.24. The van der Waals surface area contributed by atoms with E-state index in [1.807, 2.05) is 30.3 Å². The number of hydrogen-bond acceptors (Lipinski definition) is 2. The van der Waals surface area contributed by atoms with Crippen LogP contribution < -0.4 is 5.32 Å². The number of furan rings is 1. The molecule has 0 bridgehead atoms. The van der Waals surface area contributed by atoms with E-state index >= 15 is 0 Å². The van der Waals surface area contributed by atoms with Crippen molar-refractivity contribution in [2.45, 2.75) is 26.2 Å². The first kappa shape index (κ1) is 17.2. The Morgan fingerprint density at radius 2 is 1.88 bits per heavy atom. The first-order valence-corrected chi connectivity index (χ1v) is 8.34. The third kappa shape index (κ3) is 3.73. The van der Waals surface area contributed by atoms with Crippen molar-refractivity contribution in [3.8, 4) is 11.1 Å². The molecule has 0 radical (unpaired) electrons. The summed E-state index contributed by atoms with van der Waals surface area (Å²) in [6.07, 6.45) is 1.00. The average molecular weight is 341 g/mol. The lowest BCUT2D eigenvalue weighted by Gasteiger charge is -2.12. The standard InChI is InChI=1S/C21H21F2NO/c1-4-10-24-14(2)20-13-17-11-16(8-9-19(17)25-20)15-6-5-7-18(12-15)21(3,22)23/h5-9,11-13,24H,2,4,10H2,1,3H3. The molecule has 0 fully saturated rings. The summed E-state index contributed by atoms with van der Waals surface area (Å²) in [5.74, 6) is -2.17. The van der Waals surface area contributed by atoms with Gasteiger partial charge in [-0.15, -0.1) is 0 Å². The van der Waals surface area contributed by atoms with Crippen LogP contribution in [-0.4, -0.2) is 6.54 Å². The van der Waals surface area contributed by atoms with E-state index in [-0.39, 0.29) is 5.56 Å². The molecule has 25 heavy (non-hydrogen) atoms. The lowest BCUT2D eigenvalue weighted by molar-refractivity contribution is 0.0175. The van der Waals surface area contributed by atoms with Crippen molar-refractivity contribution in [3.05, 3.63) is 66.4 Å². The molecule has 0 aliphatic carbocycles. The van der Waals surface area contributed by atoms with E-state index in [0.717, 1.165) is 47.7 Å². The first-order valence-electron chi connectivity index (χ1n) is 8.34. The van der Waals surface area contributed by atoms with E-state index in [1.54, 1.807) is 6.07 Å². The summed E-state index contributed by atoms with van der Waals surface area (Å²) in [7, 11) is 0. The number of fused-ring (bicyclic) bond motifs is 1. The molecule has 1 N–H and O–H groups in total. The van der Waals surface area contributed by atoms with Gasteiger partial charge < -0.3 is 9.73 Å². The monoisotopic (exact) mass is 341 g/mol. The molecule has 130 valence electrons. The number of benzene rings is 2. The molecule has 3 rings (SSSR count). The van der Waals surface area contributed by atoms with Gasteiger partial charge >= 0.3 is 0 Å². The van der Waals surface area contributed by atoms with Crippen LogP contribution in [0.1, 0.15) is 31.6 Å². The van der Waals surface area contributed by atoms with Gasteiger partial charge in [-0.3, -0.25) is 0 Å². The van der Waals surface area contributed by atoms with Gasteiger partial charge in [-0.1, -0.05) is 37.8 Å². The van der Waals surface area contributed by atoms with Gasteiger partial charge in [0, 0.05) is 24.4 Å². The fourth-order valence-electron chi connectivity index (χ4n) is 2.71. The number of nitrogens with one attached hydrogen (secondary N) is 1. The summed E-state index contributed by atoms with van der Waals surface area (Å²) >= 11 is 0. The SMILES string of the molecule is C=C(NCCC)c1cc2cc(-c3cccc(C(C)(F)F)c3)ccc2o1. The maximum Gasteiger partial charge on any atom is 0.270 e. The molecule has 3 aromatic rings. The highest BCUT2D eigenvalue weighted by Gasteiger charge is 2.24. The molecular weight excluding hydrogens is 320 g/mol. The summed E-state index contributed by atoms with van der Waals surface area (Å²) in [5.41, 5.74) is 3.13. The molecule has 1 heterocycles. The van der Waals surface area contributed by atoms with Gasteiger partial charge in [-0.05, 0) is 41.8 Å². The van der Waals surface area contributed by atoms with Gasteiger partial charge in [0.15, 0.2) is 5.76 Å². The Bertz CT molecular complexity index is 906. The summed E-state index contributed by atoms with van der Waals surface area (Å²) in [6.45, 7) is 7.81. The number of hydrogen-bond donors (Lipinski definition) is 1. The van der Waals surface area contributed by atoms with E-state index in [4.69, 9.17) is 4.42 Å². The summed E-state index contributed by atoms with van der Waals surface area (Å²) in [6, 6.07) is 14.1. The van der Waals surface area contributed by atoms with E-state index in [1.165, 1.54) is 12.1 Å². The van der Waals surface area contributed by atoms with Gasteiger partial charge in [0.25, 0.3) is 5.92 Å². The number of halogens is 2. The van der Waals surface area contributed by atoms with Crippen molar-refractivity contribution in [1.29, 1.82) is 0 Å². The molecule has 0 aliphatic heterocycles. The van der Waals surface area contributed by atoms with Crippen LogP contribution in [0.25, 0.3) is 27.8 Å². The molecule has 2 aromatic carbocycles. The van der Waals surface area contributed by atoms with E-state index in [0.29, 0.717) is 5.76 Å². The van der Waals surface area contributed by atoms with Gasteiger partial charge in [0.05, 0.1) is 5.70 Å². The highest BCUT2D eigenvalue weighted by Crippen LogP contribution is 2.32. The average Bonchev–Trinajstić information content (AvgIpc) is 3.02. The predicted octanol–water partition coefficient (Wildman–Crippen LogP) is 6.18. The Morgan fingerprint density at radius 1 is 1.12 bits per heavy atom. The van der Waals surface area contributed by atoms with Crippen molar-refractivity contribution in [2.24, 2.45) is 0 Å². The lowest BCUT2D eigenvalue weighted by Crippen LogP contribution is -2.11. The fourth-order valence-corrected chi connectivity index (χ4v) is 2.71. The minimum atomic E-state index is -2.86. The van der Waals surface area contributed by atoms with E-state index in [9.17, 15) is 8.78 Å². The Labute approximate surface area is 146 Å². The van der Waals surface area contributed by atoms with Crippen LogP contribution in [0, 0.1) is 0 Å². The molecule has 0 atom stereocenters. The smallest absolute Gasteiger partial charge is 0.270 e. The van der Waals surface area contributed by atoms with Gasteiger partial charge in [-0.25, -0.2) is 8.78 Å². The van der Waals surface area contributed by atoms with Crippen LogP contribution in [0.5, 0.6) is 0 Å². The molecule has 2 nitrogen and oxygen atoms in total. The summed E-state index contributed by atoms with van der Waals surface area (Å²) in [5, 5.41) is 4.13. The number of rotatable bonds is 6. The highest BCUT2D eigenvalue weighted by molar-refractivity contribution is 5.86. The van der Waals surface area contributed by atoms with Crippen LogP contribution in [0.2, 0.25) is 0 Å². The minimum absolute atomic E-state index is 0.00937. The van der Waals surface area contributed by atoms with Crippen molar-refractivity contribution < 1.29 is 13.2 Å². The van der Waals surface area contributed by atoms with Gasteiger partial charge in [-0.2, -0.15) is 0 Å². The van der Waals surface area contributed by atoms with Crippen LogP contribution in [-0.2, 0) is 5.92 Å². The zero-order valence-corrected chi connectivity index (χ0v) is 14.4. The van der Waals surface area contributed by atoms with Crippen molar-refractivity contribution in [3.63, 3.8) is 0 Å². The normalized spacial score (nSPS) is 11.7. The Kier molecular flexibility index (Phi) is 4.62. The molecule has 0 amide bonds. The zero-order chi connectivity index (χ0) is 18.0. The quantitative estimate of drug-likeness (QED) is 0.579. The molecule has 0 spiro atoms. The maximum absolute atomic E-state index is 13.6. The summed E-state index contributed by atoms with van der Waals surface area (Å²) < 4.78 is 32.9. The van der Waals surface area contributed by atoms with E-state index in [2.05, 4.69) is 18.8 Å². The molecule has 0 unspecified atom stereocenters. The molecular formula is C21H21F2NO. The van der Waals surface area contributed by atoms with Crippen molar-refractivity contribution >= 4 is 16.7 Å². The van der Waals surface area contributed by atoms with Crippen LogP contribution in [0.4, 0.5) is 8.78 Å². The molecule has 0 saturated heterocycles. The zero-order valence-electron chi connectivity index (χ0n) is 14.4. The predicted molar refractivity (Wildman–Crippen MR) is 98.5 cm³/mol. The third-order valence-electron chi connectivity index (χ3n) is 4.10. The van der Waals surface area contributed by atoms with E-state index < -0.39 is 5.92 Å². The lowest BCUT2D eigenvalue weighted by atomic mass is 10.00. The molecule has 0 aliphatic rings. The van der Waals surface area contributed by atoms with Crippen molar-refractivity contribution in [2.75, 3.05) is 6.54 Å². The molecule has 4 heteroatoms. The molecule has 1 aromatic heterocycles. The second-order valence-corrected chi connectivity index (χ2v) is 6.24. The van der Waals surface area contributed by atoms with Gasteiger partial charge in [0.1, 0.15) is 5.58 Å². The third-order valence-corrected chi connectivity index (χ3v) is 4.10. The minimum Gasteiger partial charge on any atom is -0.455 e. The fraction of sp³-hybridized carbons (Fsp3) is 0.238. The maximum atomic E-state index is 13.6. The largest absolute Gasteiger partial charge is 0.455 e. The highest BCUT2D eigenvalue weighted by atomic mass is 19.3. The van der Waals surface area contributed by atoms with Gasteiger partial charge in [0.2, 0.25) is 0 Å². The number of alkyl halides is 2. The Balaban J connectivity index is 1.95. The Morgan fingerprint density at radius 3 is 2.60 bits per heavy atom. The first-order chi connectivity index (χ1) is 11.9. The van der Waals surface area contributed by atoms with Crippen LogP contribution in [0.3, 0.4) is 0 Å². The molecule has 0 saturated carbocycles. The Hall–Kier alpha value is -2.62. The second kappa shape index (κ2) is 6.71. The topological polar surface area (TPSA) is 25.2 Å².